The molecule has 0 aliphatic carbocycles. The van der Waals surface area contributed by atoms with Gasteiger partial charge in [0.25, 0.3) is 0 Å². The predicted octanol–water partition coefficient (Wildman–Crippen LogP) is 6.21. The van der Waals surface area contributed by atoms with Gasteiger partial charge in [0, 0.05) is 22.2 Å². The largest absolute Gasteiger partial charge is 0.476 e. The third-order valence-electron chi connectivity index (χ3n) is 4.92. The monoisotopic (exact) mass is 441 g/mol. The lowest BCUT2D eigenvalue weighted by Gasteiger charge is -2.10. The number of rotatable bonds is 5. The zero-order valence-electron chi connectivity index (χ0n) is 16.6. The number of carboxylic acids is 1. The molecule has 156 valence electrons. The smallest absolute Gasteiger partial charge is 0.356 e. The highest BCUT2D eigenvalue weighted by Crippen LogP contribution is 2.29. The molecule has 0 saturated carbocycles. The van der Waals surface area contributed by atoms with Crippen LogP contribution in [0.25, 0.3) is 28.2 Å². The first-order chi connectivity index (χ1) is 15.6. The molecule has 3 aromatic carbocycles. The molecular weight excluding hydrogens is 426 g/mol. The van der Waals surface area contributed by atoms with Gasteiger partial charge in [0.2, 0.25) is 0 Å². The van der Waals surface area contributed by atoms with Crippen LogP contribution in [0.4, 0.5) is 0 Å². The van der Waals surface area contributed by atoms with Crippen molar-refractivity contribution in [3.8, 4) is 34.0 Å². The van der Waals surface area contributed by atoms with E-state index in [2.05, 4.69) is 10.1 Å². The molecule has 0 bridgehead atoms. The first kappa shape index (κ1) is 19.8. The van der Waals surface area contributed by atoms with Gasteiger partial charge in [0.1, 0.15) is 11.5 Å². The summed E-state index contributed by atoms with van der Waals surface area (Å²) in [5, 5.41) is 14.3. The molecule has 7 heteroatoms. The quantitative estimate of drug-likeness (QED) is 0.351. The number of carboxylic acid groups (broad SMARTS) is 1. The van der Waals surface area contributed by atoms with Crippen LogP contribution < -0.4 is 4.74 Å². The van der Waals surface area contributed by atoms with Crippen molar-refractivity contribution in [3.05, 3.63) is 102 Å². The molecule has 0 saturated heterocycles. The highest BCUT2D eigenvalue weighted by Gasteiger charge is 2.16. The number of hydrogen-bond acceptors (Lipinski definition) is 4. The maximum atomic E-state index is 11.5. The zero-order valence-corrected chi connectivity index (χ0v) is 17.4. The average molecular weight is 442 g/mol. The van der Waals surface area contributed by atoms with E-state index in [9.17, 15) is 9.90 Å². The summed E-state index contributed by atoms with van der Waals surface area (Å²) in [6, 6.07) is 27.7. The fourth-order valence-corrected chi connectivity index (χ4v) is 3.50. The Kier molecular flexibility index (Phi) is 5.05. The molecule has 5 rings (SSSR count). The molecule has 0 spiro atoms. The van der Waals surface area contributed by atoms with E-state index in [0.29, 0.717) is 27.8 Å². The fourth-order valence-electron chi connectivity index (χ4n) is 3.37. The van der Waals surface area contributed by atoms with E-state index in [4.69, 9.17) is 16.3 Å². The number of benzene rings is 3. The normalized spacial score (nSPS) is 10.9. The van der Waals surface area contributed by atoms with Crippen LogP contribution in [0.5, 0.6) is 11.5 Å². The first-order valence-electron chi connectivity index (χ1n) is 9.80. The Bertz CT molecular complexity index is 1410. The highest BCUT2D eigenvalue weighted by molar-refractivity contribution is 6.30. The van der Waals surface area contributed by atoms with E-state index in [1.165, 1.54) is 10.6 Å². The summed E-state index contributed by atoms with van der Waals surface area (Å²) in [5.41, 5.74) is 3.46. The van der Waals surface area contributed by atoms with Crippen LogP contribution in [-0.2, 0) is 0 Å². The maximum absolute atomic E-state index is 11.5. The van der Waals surface area contributed by atoms with Gasteiger partial charge in [-0.15, -0.1) is 0 Å². The lowest BCUT2D eigenvalue weighted by Crippen LogP contribution is -2.01. The van der Waals surface area contributed by atoms with Gasteiger partial charge >= 0.3 is 5.97 Å². The van der Waals surface area contributed by atoms with Gasteiger partial charge in [-0.3, -0.25) is 0 Å². The van der Waals surface area contributed by atoms with E-state index >= 15 is 0 Å². The number of aromatic carboxylic acids is 1. The SMILES string of the molecule is O=C(O)c1cc2nc(-c3ccc(Cl)cc3)cc(-c3ccc(Oc4ccccc4)cc3)n2n1. The first-order valence-corrected chi connectivity index (χ1v) is 10.2. The van der Waals surface area contributed by atoms with Crippen molar-refractivity contribution in [3.63, 3.8) is 0 Å². The molecule has 0 amide bonds. The maximum Gasteiger partial charge on any atom is 0.356 e. The number of nitrogens with zero attached hydrogens (tertiary/aromatic N) is 3. The standard InChI is InChI=1S/C25H16ClN3O3/c26-18-10-6-16(7-11-18)21-14-23(29-24(27-21)15-22(28-29)25(30)31)17-8-12-20(13-9-17)32-19-4-2-1-3-5-19/h1-15H,(H,30,31). The summed E-state index contributed by atoms with van der Waals surface area (Å²) >= 11 is 6.02. The second-order valence-corrected chi connectivity index (χ2v) is 7.51. The lowest BCUT2D eigenvalue weighted by molar-refractivity contribution is 0.0690. The second kappa shape index (κ2) is 8.17. The molecule has 0 unspecified atom stereocenters. The van der Waals surface area contributed by atoms with Gasteiger partial charge in [0.15, 0.2) is 11.3 Å². The Morgan fingerprint density at radius 1 is 0.844 bits per heavy atom. The minimum atomic E-state index is -1.11. The van der Waals surface area contributed by atoms with E-state index in [-0.39, 0.29) is 5.69 Å². The summed E-state index contributed by atoms with van der Waals surface area (Å²) in [7, 11) is 0. The summed E-state index contributed by atoms with van der Waals surface area (Å²) in [5.74, 6) is 0.325. The van der Waals surface area contributed by atoms with Crippen molar-refractivity contribution < 1.29 is 14.6 Å². The minimum Gasteiger partial charge on any atom is -0.476 e. The highest BCUT2D eigenvalue weighted by atomic mass is 35.5. The van der Waals surface area contributed by atoms with Crippen LogP contribution in [0, 0.1) is 0 Å². The van der Waals surface area contributed by atoms with Crippen LogP contribution in [-0.4, -0.2) is 25.7 Å². The van der Waals surface area contributed by atoms with Gasteiger partial charge in [-0.25, -0.2) is 14.3 Å². The Labute approximate surface area is 188 Å². The van der Waals surface area contributed by atoms with Crippen LogP contribution in [0.15, 0.2) is 91.0 Å². The average Bonchev–Trinajstić information content (AvgIpc) is 3.25. The number of aromatic nitrogens is 3. The van der Waals surface area contributed by atoms with E-state index in [0.717, 1.165) is 16.9 Å². The lowest BCUT2D eigenvalue weighted by atomic mass is 10.1. The third kappa shape index (κ3) is 3.91. The van der Waals surface area contributed by atoms with Gasteiger partial charge in [0.05, 0.1) is 11.4 Å². The number of para-hydroxylation sites is 1. The van der Waals surface area contributed by atoms with Crippen LogP contribution >= 0.6 is 11.6 Å². The summed E-state index contributed by atoms with van der Waals surface area (Å²) in [6.45, 7) is 0. The number of hydrogen-bond donors (Lipinski definition) is 1. The second-order valence-electron chi connectivity index (χ2n) is 7.08. The molecule has 0 aliphatic heterocycles. The topological polar surface area (TPSA) is 76.7 Å². The molecular formula is C25H16ClN3O3. The van der Waals surface area contributed by atoms with E-state index in [1.54, 1.807) is 12.1 Å². The summed E-state index contributed by atoms with van der Waals surface area (Å²) in [4.78, 5) is 16.1. The Balaban J connectivity index is 1.59. The van der Waals surface area contributed by atoms with E-state index < -0.39 is 5.97 Å². The number of carbonyl (C=O) groups is 1. The molecule has 1 N–H and O–H groups in total. The molecule has 2 heterocycles. The van der Waals surface area contributed by atoms with Crippen molar-refractivity contribution in [1.82, 2.24) is 14.6 Å². The molecule has 32 heavy (non-hydrogen) atoms. The molecule has 5 aromatic rings. The number of fused-ring (bicyclic) bond motifs is 1. The molecule has 0 aliphatic rings. The van der Waals surface area contributed by atoms with Crippen molar-refractivity contribution >= 4 is 23.2 Å². The third-order valence-corrected chi connectivity index (χ3v) is 5.17. The van der Waals surface area contributed by atoms with Gasteiger partial charge in [-0.2, -0.15) is 5.10 Å². The molecule has 0 atom stereocenters. The molecule has 6 nitrogen and oxygen atoms in total. The van der Waals surface area contributed by atoms with Crippen molar-refractivity contribution in [1.29, 1.82) is 0 Å². The predicted molar refractivity (Wildman–Crippen MR) is 122 cm³/mol. The Morgan fingerprint density at radius 3 is 2.19 bits per heavy atom. The van der Waals surface area contributed by atoms with Crippen molar-refractivity contribution in [2.75, 3.05) is 0 Å². The fraction of sp³-hybridized carbons (Fsp3) is 0. The van der Waals surface area contributed by atoms with E-state index in [1.807, 2.05) is 72.8 Å². The molecule has 2 aromatic heterocycles. The Hall–Kier alpha value is -4.16. The van der Waals surface area contributed by atoms with Gasteiger partial charge < -0.3 is 9.84 Å². The summed E-state index contributed by atoms with van der Waals surface area (Å²) in [6.07, 6.45) is 0. The van der Waals surface area contributed by atoms with Gasteiger partial charge in [-0.05, 0) is 54.6 Å². The molecule has 0 radical (unpaired) electrons. The number of ether oxygens (including phenoxy) is 1. The van der Waals surface area contributed by atoms with Crippen LogP contribution in [0.2, 0.25) is 5.02 Å². The van der Waals surface area contributed by atoms with Gasteiger partial charge in [-0.1, -0.05) is 41.9 Å². The summed E-state index contributed by atoms with van der Waals surface area (Å²) < 4.78 is 7.41. The Morgan fingerprint density at radius 2 is 1.50 bits per heavy atom. The van der Waals surface area contributed by atoms with Crippen LogP contribution in [0.3, 0.4) is 0 Å². The molecule has 0 fully saturated rings. The van der Waals surface area contributed by atoms with Crippen molar-refractivity contribution in [2.24, 2.45) is 0 Å². The minimum absolute atomic E-state index is 0.0731. The number of halogens is 1. The zero-order chi connectivity index (χ0) is 22.1. The van der Waals surface area contributed by atoms with Crippen LogP contribution in [0.1, 0.15) is 10.5 Å². The van der Waals surface area contributed by atoms with Crippen molar-refractivity contribution in [2.45, 2.75) is 0 Å².